The average molecular weight is 237 g/mol. The van der Waals surface area contributed by atoms with Gasteiger partial charge in [-0.05, 0) is 6.07 Å². The lowest BCUT2D eigenvalue weighted by molar-refractivity contribution is 0.152. The summed E-state index contributed by atoms with van der Waals surface area (Å²) >= 11 is 2.86. The number of hydrazine groups is 1. The van der Waals surface area contributed by atoms with Gasteiger partial charge >= 0.3 is 0 Å². The van der Waals surface area contributed by atoms with Gasteiger partial charge in [-0.1, -0.05) is 18.2 Å². The van der Waals surface area contributed by atoms with Crippen LogP contribution in [0.4, 0.5) is 14.5 Å². The Kier molecular flexibility index (Phi) is 3.43. The van der Waals surface area contributed by atoms with Crippen LogP contribution in [0.2, 0.25) is 0 Å². The Labute approximate surface area is 77.3 Å². The molecule has 0 aliphatic rings. The van der Waals surface area contributed by atoms with Gasteiger partial charge in [0.25, 0.3) is 6.43 Å². The van der Waals surface area contributed by atoms with Crippen LogP contribution in [0.15, 0.2) is 24.3 Å². The number of rotatable bonds is 3. The molecule has 5 heteroatoms. The second-order valence-corrected chi connectivity index (χ2v) is 2.50. The summed E-state index contributed by atoms with van der Waals surface area (Å²) in [7, 11) is 0. The van der Waals surface area contributed by atoms with Crippen LogP contribution >= 0.6 is 16.1 Å². The van der Waals surface area contributed by atoms with E-state index >= 15 is 0 Å². The zero-order valence-electron chi connectivity index (χ0n) is 6.02. The largest absolute Gasteiger partial charge is 0.311 e. The summed E-state index contributed by atoms with van der Waals surface area (Å²) < 4.78 is 26.9. The Balaban J connectivity index is 2.92. The van der Waals surface area contributed by atoms with Gasteiger partial charge in [-0.3, -0.25) is 0 Å². The molecule has 0 radical (unpaired) electrons. The van der Waals surface area contributed by atoms with Gasteiger partial charge in [0.05, 0.1) is 5.69 Å². The first-order chi connectivity index (χ1) is 5.75. The molecule has 2 N–H and O–H groups in total. The minimum Gasteiger partial charge on any atom is -0.311 e. The summed E-state index contributed by atoms with van der Waals surface area (Å²) in [6, 6.07) is 6.19. The topological polar surface area (TPSA) is 24.1 Å². The molecule has 0 unspecified atom stereocenters. The summed E-state index contributed by atoms with van der Waals surface area (Å²) in [5.41, 5.74) is 2.89. The Hall–Kier alpha value is -0.680. The standard InChI is InChI=1S/C7H7BrF2N2/c8-12-11-6-4-2-1-3-5(6)7(9)10/h1-4,7,11-12H. The Morgan fingerprint density at radius 1 is 1.25 bits per heavy atom. The van der Waals surface area contributed by atoms with E-state index in [0.717, 1.165) is 0 Å². The highest BCUT2D eigenvalue weighted by Crippen LogP contribution is 2.25. The Morgan fingerprint density at radius 3 is 2.50 bits per heavy atom. The van der Waals surface area contributed by atoms with Crippen molar-refractivity contribution >= 4 is 21.8 Å². The van der Waals surface area contributed by atoms with Crippen LogP contribution in [0.25, 0.3) is 0 Å². The number of halogens is 3. The smallest absolute Gasteiger partial charge is 0.265 e. The van der Waals surface area contributed by atoms with Crippen molar-refractivity contribution < 1.29 is 8.78 Å². The molecule has 0 heterocycles. The second-order valence-electron chi connectivity index (χ2n) is 2.11. The third kappa shape index (κ3) is 2.15. The van der Waals surface area contributed by atoms with Crippen LogP contribution in [0.5, 0.6) is 0 Å². The molecule has 66 valence electrons. The van der Waals surface area contributed by atoms with Gasteiger partial charge in [-0.25, -0.2) is 8.78 Å². The predicted molar refractivity (Wildman–Crippen MR) is 47.1 cm³/mol. The monoisotopic (exact) mass is 236 g/mol. The van der Waals surface area contributed by atoms with E-state index in [1.54, 1.807) is 18.2 Å². The summed E-state index contributed by atoms with van der Waals surface area (Å²) in [6.45, 7) is 0. The van der Waals surface area contributed by atoms with Gasteiger partial charge in [0.1, 0.15) is 0 Å². The third-order valence-corrected chi connectivity index (χ3v) is 1.58. The molecular formula is C7H7BrF2N2. The van der Waals surface area contributed by atoms with Crippen LogP contribution in [-0.2, 0) is 0 Å². The molecule has 0 atom stereocenters. The van der Waals surface area contributed by atoms with E-state index in [4.69, 9.17) is 0 Å². The van der Waals surface area contributed by atoms with E-state index < -0.39 is 6.43 Å². The minimum atomic E-state index is -2.46. The van der Waals surface area contributed by atoms with Crippen molar-refractivity contribution in [1.82, 2.24) is 4.45 Å². The summed E-state index contributed by atoms with van der Waals surface area (Å²) in [4.78, 5) is 0. The van der Waals surface area contributed by atoms with Crippen molar-refractivity contribution in [3.05, 3.63) is 29.8 Å². The highest BCUT2D eigenvalue weighted by atomic mass is 79.9. The van der Waals surface area contributed by atoms with Gasteiger partial charge in [-0.2, -0.15) is 4.45 Å². The number of anilines is 1. The summed E-state index contributed by atoms with van der Waals surface area (Å²) in [6.07, 6.45) is -2.46. The Bertz CT molecular complexity index is 255. The lowest BCUT2D eigenvalue weighted by Gasteiger charge is -2.08. The molecule has 0 saturated heterocycles. The Morgan fingerprint density at radius 2 is 1.92 bits per heavy atom. The summed E-state index contributed by atoms with van der Waals surface area (Å²) in [5.74, 6) is 0. The first-order valence-corrected chi connectivity index (χ1v) is 4.03. The van der Waals surface area contributed by atoms with Crippen LogP contribution in [-0.4, -0.2) is 0 Å². The third-order valence-electron chi connectivity index (χ3n) is 1.38. The van der Waals surface area contributed by atoms with Gasteiger partial charge in [0.15, 0.2) is 0 Å². The van der Waals surface area contributed by atoms with Gasteiger partial charge in [-0.15, -0.1) is 0 Å². The highest BCUT2D eigenvalue weighted by molar-refractivity contribution is 9.08. The van der Waals surface area contributed by atoms with Crippen LogP contribution in [0, 0.1) is 0 Å². The van der Waals surface area contributed by atoms with Crippen LogP contribution < -0.4 is 9.88 Å². The molecular weight excluding hydrogens is 230 g/mol. The van der Waals surface area contributed by atoms with Crippen molar-refractivity contribution in [2.75, 3.05) is 5.43 Å². The molecule has 1 rings (SSSR count). The van der Waals surface area contributed by atoms with E-state index in [0.29, 0.717) is 5.69 Å². The lowest BCUT2D eigenvalue weighted by atomic mass is 10.2. The van der Waals surface area contributed by atoms with Crippen LogP contribution in [0.3, 0.4) is 0 Å². The van der Waals surface area contributed by atoms with Crippen molar-refractivity contribution in [3.63, 3.8) is 0 Å². The highest BCUT2D eigenvalue weighted by Gasteiger charge is 2.10. The zero-order valence-corrected chi connectivity index (χ0v) is 7.61. The predicted octanol–water partition coefficient (Wildman–Crippen LogP) is 2.85. The van der Waals surface area contributed by atoms with Crippen molar-refractivity contribution in [2.45, 2.75) is 6.43 Å². The number of hydrogen-bond acceptors (Lipinski definition) is 2. The van der Waals surface area contributed by atoms with Gasteiger partial charge in [0.2, 0.25) is 0 Å². The SMILES string of the molecule is FC(F)c1ccccc1NNBr. The molecule has 0 spiro atoms. The fraction of sp³-hybridized carbons (Fsp3) is 0.143. The van der Waals surface area contributed by atoms with Crippen molar-refractivity contribution in [2.24, 2.45) is 0 Å². The second kappa shape index (κ2) is 4.37. The van der Waals surface area contributed by atoms with E-state index in [1.807, 2.05) is 0 Å². The summed E-state index contributed by atoms with van der Waals surface area (Å²) in [5, 5.41) is 0. The fourth-order valence-corrected chi connectivity index (χ4v) is 1.07. The number of alkyl halides is 2. The number of nitrogens with one attached hydrogen (secondary N) is 2. The molecule has 1 aromatic rings. The van der Waals surface area contributed by atoms with E-state index in [1.165, 1.54) is 6.07 Å². The normalized spacial score (nSPS) is 10.3. The zero-order chi connectivity index (χ0) is 8.97. The maximum Gasteiger partial charge on any atom is 0.265 e. The lowest BCUT2D eigenvalue weighted by Crippen LogP contribution is -2.09. The number of hydrogen-bond donors (Lipinski definition) is 2. The average Bonchev–Trinajstić information content (AvgIpc) is 2.05. The fourth-order valence-electron chi connectivity index (χ4n) is 0.852. The quantitative estimate of drug-likeness (QED) is 0.623. The molecule has 1 aromatic carbocycles. The first kappa shape index (κ1) is 9.41. The molecule has 0 fully saturated rings. The molecule has 12 heavy (non-hydrogen) atoms. The number of para-hydroxylation sites is 1. The molecule has 0 aromatic heterocycles. The van der Waals surface area contributed by atoms with Gasteiger partial charge < -0.3 is 5.43 Å². The van der Waals surface area contributed by atoms with E-state index in [-0.39, 0.29) is 5.56 Å². The maximum absolute atomic E-state index is 12.3. The molecule has 0 saturated carbocycles. The molecule has 0 aliphatic carbocycles. The molecule has 0 aliphatic heterocycles. The molecule has 0 bridgehead atoms. The van der Waals surface area contributed by atoms with Crippen molar-refractivity contribution in [3.8, 4) is 0 Å². The minimum absolute atomic E-state index is 0.0237. The van der Waals surface area contributed by atoms with E-state index in [9.17, 15) is 8.78 Å². The van der Waals surface area contributed by atoms with Crippen LogP contribution in [0.1, 0.15) is 12.0 Å². The number of benzene rings is 1. The van der Waals surface area contributed by atoms with E-state index in [2.05, 4.69) is 26.0 Å². The molecule has 0 amide bonds. The van der Waals surface area contributed by atoms with Gasteiger partial charge in [0, 0.05) is 21.7 Å². The van der Waals surface area contributed by atoms with Crippen molar-refractivity contribution in [1.29, 1.82) is 0 Å². The maximum atomic E-state index is 12.3. The molecule has 2 nitrogen and oxygen atoms in total. The first-order valence-electron chi connectivity index (χ1n) is 3.24.